The highest BCUT2D eigenvalue weighted by Gasteiger charge is 2.15. The molecule has 1 rings (SSSR count). The molecule has 0 saturated carbocycles. The first-order chi connectivity index (χ1) is 7.34. The Labute approximate surface area is 97.8 Å². The van der Waals surface area contributed by atoms with E-state index in [9.17, 15) is 4.79 Å². The minimum atomic E-state index is 0.378. The molecule has 1 fully saturated rings. The zero-order valence-corrected chi connectivity index (χ0v) is 10.7. The van der Waals surface area contributed by atoms with Crippen molar-refractivity contribution in [2.75, 3.05) is 24.6 Å². The summed E-state index contributed by atoms with van der Waals surface area (Å²) in [6, 6.07) is 0. The summed E-state index contributed by atoms with van der Waals surface area (Å²) < 4.78 is 0. The Bertz CT molecular complexity index is 184. The Balaban J connectivity index is 2.10. The molecule has 1 saturated heterocycles. The number of carbonyl (C=O) groups excluding carboxylic acids is 1. The second kappa shape index (κ2) is 8.03. The highest BCUT2D eigenvalue weighted by molar-refractivity contribution is 7.99. The number of hydrogen-bond donors (Lipinski definition) is 0. The maximum absolute atomic E-state index is 11.7. The Hall–Kier alpha value is -0.180. The second-order valence-corrected chi connectivity index (χ2v) is 5.38. The fraction of sp³-hybridized carbons (Fsp3) is 0.917. The number of unbranched alkanes of at least 4 members (excludes halogenated alkanes) is 1. The van der Waals surface area contributed by atoms with Crippen molar-refractivity contribution in [3.8, 4) is 0 Å². The van der Waals surface area contributed by atoms with Crippen LogP contribution in [0.1, 0.15) is 45.4 Å². The molecule has 0 aliphatic carbocycles. The SMILES string of the molecule is CCCCSCCN1CCCCCC1=O. The van der Waals surface area contributed by atoms with Crippen molar-refractivity contribution in [3.63, 3.8) is 0 Å². The first-order valence-corrected chi connectivity index (χ1v) is 7.35. The predicted molar refractivity (Wildman–Crippen MR) is 67.3 cm³/mol. The highest BCUT2D eigenvalue weighted by Crippen LogP contribution is 2.12. The number of amides is 1. The summed E-state index contributed by atoms with van der Waals surface area (Å²) in [6.07, 6.45) is 6.88. The molecule has 0 bridgehead atoms. The summed E-state index contributed by atoms with van der Waals surface area (Å²) in [5.41, 5.74) is 0. The van der Waals surface area contributed by atoms with E-state index in [0.29, 0.717) is 5.91 Å². The Morgan fingerprint density at radius 1 is 1.27 bits per heavy atom. The highest BCUT2D eigenvalue weighted by atomic mass is 32.2. The van der Waals surface area contributed by atoms with Crippen molar-refractivity contribution in [2.45, 2.75) is 45.4 Å². The topological polar surface area (TPSA) is 20.3 Å². The van der Waals surface area contributed by atoms with Gasteiger partial charge in [-0.15, -0.1) is 0 Å². The molecule has 1 aliphatic heterocycles. The molecule has 0 aromatic rings. The molecule has 0 atom stereocenters. The maximum Gasteiger partial charge on any atom is 0.222 e. The number of hydrogen-bond acceptors (Lipinski definition) is 2. The smallest absolute Gasteiger partial charge is 0.222 e. The van der Waals surface area contributed by atoms with Crippen LogP contribution in [-0.4, -0.2) is 35.4 Å². The summed E-state index contributed by atoms with van der Waals surface area (Å²) in [7, 11) is 0. The predicted octanol–water partition coefficient (Wildman–Crippen LogP) is 2.92. The van der Waals surface area contributed by atoms with Gasteiger partial charge in [0.25, 0.3) is 0 Å². The number of thioether (sulfide) groups is 1. The average Bonchev–Trinajstić information content (AvgIpc) is 2.44. The van der Waals surface area contributed by atoms with E-state index in [1.54, 1.807) is 0 Å². The molecule has 0 N–H and O–H groups in total. The minimum Gasteiger partial charge on any atom is -0.342 e. The summed E-state index contributed by atoms with van der Waals surface area (Å²) in [5, 5.41) is 0. The van der Waals surface area contributed by atoms with E-state index in [1.165, 1.54) is 31.4 Å². The molecule has 88 valence electrons. The third-order valence-corrected chi connectivity index (χ3v) is 3.87. The molecule has 0 spiro atoms. The van der Waals surface area contributed by atoms with E-state index in [2.05, 4.69) is 11.8 Å². The molecule has 1 aliphatic rings. The van der Waals surface area contributed by atoms with Crippen molar-refractivity contribution in [2.24, 2.45) is 0 Å². The van der Waals surface area contributed by atoms with Crippen LogP contribution in [-0.2, 0) is 4.79 Å². The fourth-order valence-corrected chi connectivity index (χ4v) is 2.84. The van der Waals surface area contributed by atoms with Gasteiger partial charge in [0.05, 0.1) is 0 Å². The summed E-state index contributed by atoms with van der Waals surface area (Å²) in [4.78, 5) is 13.7. The van der Waals surface area contributed by atoms with Crippen LogP contribution in [0.3, 0.4) is 0 Å². The van der Waals surface area contributed by atoms with Gasteiger partial charge in [-0.25, -0.2) is 0 Å². The standard InChI is InChI=1S/C12H23NOS/c1-2-3-10-15-11-9-13-8-6-4-5-7-12(13)14/h2-11H2,1H3. The molecule has 0 radical (unpaired) electrons. The number of nitrogens with zero attached hydrogens (tertiary/aromatic N) is 1. The first-order valence-electron chi connectivity index (χ1n) is 6.20. The normalized spacial score (nSPS) is 17.9. The number of rotatable bonds is 6. The van der Waals surface area contributed by atoms with Gasteiger partial charge in [-0.3, -0.25) is 4.79 Å². The third kappa shape index (κ3) is 5.45. The van der Waals surface area contributed by atoms with Gasteiger partial charge in [-0.05, 0) is 25.0 Å². The summed E-state index contributed by atoms with van der Waals surface area (Å²) in [6.45, 7) is 4.18. The lowest BCUT2D eigenvalue weighted by Gasteiger charge is -2.19. The van der Waals surface area contributed by atoms with E-state index in [4.69, 9.17) is 0 Å². The fourth-order valence-electron chi connectivity index (χ4n) is 1.80. The lowest BCUT2D eigenvalue weighted by Crippen LogP contribution is -2.32. The van der Waals surface area contributed by atoms with Crippen LogP contribution in [0.5, 0.6) is 0 Å². The second-order valence-electron chi connectivity index (χ2n) is 4.16. The number of carbonyl (C=O) groups is 1. The Morgan fingerprint density at radius 3 is 2.93 bits per heavy atom. The monoisotopic (exact) mass is 229 g/mol. The van der Waals surface area contributed by atoms with Gasteiger partial charge in [0.15, 0.2) is 0 Å². The Morgan fingerprint density at radius 2 is 2.13 bits per heavy atom. The molecule has 0 unspecified atom stereocenters. The van der Waals surface area contributed by atoms with Crippen molar-refractivity contribution >= 4 is 17.7 Å². The van der Waals surface area contributed by atoms with E-state index >= 15 is 0 Å². The zero-order chi connectivity index (χ0) is 10.9. The maximum atomic E-state index is 11.7. The van der Waals surface area contributed by atoms with Crippen molar-refractivity contribution in [3.05, 3.63) is 0 Å². The minimum absolute atomic E-state index is 0.378. The molecular formula is C12H23NOS. The molecule has 15 heavy (non-hydrogen) atoms. The van der Waals surface area contributed by atoms with Gasteiger partial charge in [0.2, 0.25) is 5.91 Å². The summed E-state index contributed by atoms with van der Waals surface area (Å²) >= 11 is 1.99. The zero-order valence-electron chi connectivity index (χ0n) is 9.83. The van der Waals surface area contributed by atoms with Crippen LogP contribution in [0.2, 0.25) is 0 Å². The van der Waals surface area contributed by atoms with E-state index < -0.39 is 0 Å². The van der Waals surface area contributed by atoms with E-state index in [-0.39, 0.29) is 0 Å². The molecule has 0 aromatic carbocycles. The van der Waals surface area contributed by atoms with Gasteiger partial charge < -0.3 is 4.90 Å². The van der Waals surface area contributed by atoms with Crippen LogP contribution >= 0.6 is 11.8 Å². The first kappa shape index (κ1) is 12.9. The average molecular weight is 229 g/mol. The molecule has 0 aromatic heterocycles. The van der Waals surface area contributed by atoms with Gasteiger partial charge in [-0.1, -0.05) is 19.8 Å². The molecular weight excluding hydrogens is 206 g/mol. The molecule has 1 heterocycles. The van der Waals surface area contributed by atoms with Crippen LogP contribution in [0.25, 0.3) is 0 Å². The molecule has 2 nitrogen and oxygen atoms in total. The van der Waals surface area contributed by atoms with Crippen molar-refractivity contribution < 1.29 is 4.79 Å². The number of likely N-dealkylation sites (tertiary alicyclic amines) is 1. The lowest BCUT2D eigenvalue weighted by atomic mass is 10.2. The van der Waals surface area contributed by atoms with Gasteiger partial charge in [0.1, 0.15) is 0 Å². The van der Waals surface area contributed by atoms with Gasteiger partial charge >= 0.3 is 0 Å². The summed E-state index contributed by atoms with van der Waals surface area (Å²) in [5.74, 6) is 2.74. The molecule has 1 amide bonds. The largest absolute Gasteiger partial charge is 0.342 e. The molecule has 3 heteroatoms. The van der Waals surface area contributed by atoms with Crippen LogP contribution < -0.4 is 0 Å². The van der Waals surface area contributed by atoms with Crippen LogP contribution in [0, 0.1) is 0 Å². The van der Waals surface area contributed by atoms with E-state index in [1.807, 2.05) is 11.8 Å². The van der Waals surface area contributed by atoms with E-state index in [0.717, 1.165) is 31.7 Å². The third-order valence-electron chi connectivity index (χ3n) is 2.82. The van der Waals surface area contributed by atoms with Gasteiger partial charge in [0, 0.05) is 25.3 Å². The lowest BCUT2D eigenvalue weighted by molar-refractivity contribution is -0.130. The van der Waals surface area contributed by atoms with Gasteiger partial charge in [-0.2, -0.15) is 11.8 Å². The van der Waals surface area contributed by atoms with Crippen molar-refractivity contribution in [1.82, 2.24) is 4.90 Å². The van der Waals surface area contributed by atoms with Crippen molar-refractivity contribution in [1.29, 1.82) is 0 Å². The Kier molecular flexibility index (Phi) is 6.90. The van der Waals surface area contributed by atoms with Crippen LogP contribution in [0.15, 0.2) is 0 Å². The quantitative estimate of drug-likeness (QED) is 0.653. The van der Waals surface area contributed by atoms with Crippen LogP contribution in [0.4, 0.5) is 0 Å².